The molecule has 1 fully saturated rings. The van der Waals surface area contributed by atoms with Crippen molar-refractivity contribution < 1.29 is 19.0 Å². The molecule has 1 atom stereocenters. The Morgan fingerprint density at radius 1 is 1.19 bits per heavy atom. The summed E-state index contributed by atoms with van der Waals surface area (Å²) in [6.07, 6.45) is 2.08. The van der Waals surface area contributed by atoms with Crippen LogP contribution in [0.5, 0.6) is 11.5 Å². The Hall–Kier alpha value is -2.24. The van der Waals surface area contributed by atoms with Crippen molar-refractivity contribution in [1.82, 2.24) is 4.90 Å². The van der Waals surface area contributed by atoms with Crippen molar-refractivity contribution in [3.8, 4) is 11.5 Å². The number of carbonyl (C=O) groups excluding carboxylic acids is 1. The van der Waals surface area contributed by atoms with Gasteiger partial charge in [0.15, 0.2) is 18.1 Å². The molecule has 1 amide bonds. The standard InChI is InChI=1S/C21H24ClNO4/c1-25-19-6-2-3-7-20(19)27-15-21(24)23(14-18-5-4-12-26-18)13-16-8-10-17(22)11-9-16/h2-3,6-11,18H,4-5,12-15H2,1H3/t18-/m1/s1. The first-order valence-corrected chi connectivity index (χ1v) is 9.43. The molecule has 0 radical (unpaired) electrons. The number of carbonyl (C=O) groups is 1. The molecule has 0 aromatic heterocycles. The molecule has 0 unspecified atom stereocenters. The monoisotopic (exact) mass is 389 g/mol. The molecule has 1 saturated heterocycles. The van der Waals surface area contributed by atoms with Gasteiger partial charge in [-0.1, -0.05) is 35.9 Å². The highest BCUT2D eigenvalue weighted by Crippen LogP contribution is 2.26. The van der Waals surface area contributed by atoms with Crippen molar-refractivity contribution in [2.45, 2.75) is 25.5 Å². The minimum absolute atomic E-state index is 0.0549. The molecule has 2 aromatic rings. The van der Waals surface area contributed by atoms with E-state index in [2.05, 4.69) is 0 Å². The van der Waals surface area contributed by atoms with Crippen molar-refractivity contribution in [2.75, 3.05) is 26.9 Å². The van der Waals surface area contributed by atoms with Crippen LogP contribution in [-0.2, 0) is 16.1 Å². The molecule has 3 rings (SSSR count). The van der Waals surface area contributed by atoms with Gasteiger partial charge >= 0.3 is 0 Å². The molecule has 5 nitrogen and oxygen atoms in total. The van der Waals surface area contributed by atoms with Gasteiger partial charge in [-0.15, -0.1) is 0 Å². The van der Waals surface area contributed by atoms with Crippen LogP contribution in [0.1, 0.15) is 18.4 Å². The fourth-order valence-electron chi connectivity index (χ4n) is 3.07. The molecule has 0 saturated carbocycles. The molecule has 144 valence electrons. The summed E-state index contributed by atoms with van der Waals surface area (Å²) in [7, 11) is 1.58. The Balaban J connectivity index is 1.66. The number of hydrogen-bond acceptors (Lipinski definition) is 4. The zero-order valence-corrected chi connectivity index (χ0v) is 16.2. The molecule has 2 aromatic carbocycles. The Kier molecular flexibility index (Phi) is 6.96. The Morgan fingerprint density at radius 3 is 2.59 bits per heavy atom. The van der Waals surface area contributed by atoms with Crippen molar-refractivity contribution in [1.29, 1.82) is 0 Å². The summed E-state index contributed by atoms with van der Waals surface area (Å²) < 4.78 is 16.7. The normalized spacial score (nSPS) is 16.1. The topological polar surface area (TPSA) is 48.0 Å². The maximum absolute atomic E-state index is 12.9. The summed E-state index contributed by atoms with van der Waals surface area (Å²) in [5, 5.41) is 0.676. The number of ether oxygens (including phenoxy) is 3. The fraction of sp³-hybridized carbons (Fsp3) is 0.381. The van der Waals surface area contributed by atoms with Crippen molar-refractivity contribution in [3.63, 3.8) is 0 Å². The van der Waals surface area contributed by atoms with Crippen LogP contribution >= 0.6 is 11.6 Å². The van der Waals surface area contributed by atoms with Crippen molar-refractivity contribution >= 4 is 17.5 Å². The van der Waals surface area contributed by atoms with Crippen LogP contribution in [-0.4, -0.2) is 43.8 Å². The van der Waals surface area contributed by atoms with Gasteiger partial charge in [0.1, 0.15) is 0 Å². The first-order valence-electron chi connectivity index (χ1n) is 9.05. The van der Waals surface area contributed by atoms with E-state index in [1.54, 1.807) is 24.1 Å². The smallest absolute Gasteiger partial charge is 0.260 e. The van der Waals surface area contributed by atoms with Crippen LogP contribution in [0.15, 0.2) is 48.5 Å². The molecule has 1 heterocycles. The van der Waals surface area contributed by atoms with E-state index in [1.165, 1.54) is 0 Å². The highest BCUT2D eigenvalue weighted by atomic mass is 35.5. The Bertz CT molecular complexity index is 744. The van der Waals surface area contributed by atoms with Gasteiger partial charge in [-0.05, 0) is 42.7 Å². The van der Waals surface area contributed by atoms with Crippen LogP contribution in [0.25, 0.3) is 0 Å². The first-order chi connectivity index (χ1) is 13.2. The van der Waals surface area contributed by atoms with Gasteiger partial charge in [0.25, 0.3) is 5.91 Å². The summed E-state index contributed by atoms with van der Waals surface area (Å²) in [4.78, 5) is 14.6. The molecule has 0 spiro atoms. The molecule has 0 bridgehead atoms. The fourth-order valence-corrected chi connectivity index (χ4v) is 3.19. The van der Waals surface area contributed by atoms with Crippen molar-refractivity contribution in [2.24, 2.45) is 0 Å². The van der Waals surface area contributed by atoms with Gasteiger partial charge in [0, 0.05) is 24.7 Å². The van der Waals surface area contributed by atoms with Gasteiger partial charge in [0.2, 0.25) is 0 Å². The minimum atomic E-state index is -0.0913. The third-order valence-electron chi connectivity index (χ3n) is 4.51. The van der Waals surface area contributed by atoms with Crippen molar-refractivity contribution in [3.05, 3.63) is 59.1 Å². The summed E-state index contributed by atoms with van der Waals surface area (Å²) in [5.74, 6) is 1.07. The lowest BCUT2D eigenvalue weighted by molar-refractivity contribution is -0.135. The lowest BCUT2D eigenvalue weighted by Gasteiger charge is -2.26. The van der Waals surface area contributed by atoms with E-state index in [0.29, 0.717) is 29.6 Å². The molecule has 0 N–H and O–H groups in total. The van der Waals surface area contributed by atoms with E-state index >= 15 is 0 Å². The Morgan fingerprint density at radius 2 is 1.93 bits per heavy atom. The number of amides is 1. The first kappa shape index (κ1) is 19.5. The number of methoxy groups -OCH3 is 1. The second-order valence-corrected chi connectivity index (χ2v) is 6.91. The third-order valence-corrected chi connectivity index (χ3v) is 4.76. The molecular formula is C21H24ClNO4. The predicted molar refractivity (Wildman–Crippen MR) is 104 cm³/mol. The van der Waals surface area contributed by atoms with E-state index < -0.39 is 0 Å². The lowest BCUT2D eigenvalue weighted by Crippen LogP contribution is -2.39. The van der Waals surface area contributed by atoms with Gasteiger partial charge in [-0.3, -0.25) is 4.79 Å². The zero-order chi connectivity index (χ0) is 19.1. The lowest BCUT2D eigenvalue weighted by atomic mass is 10.2. The average Bonchev–Trinajstić information content (AvgIpc) is 3.20. The van der Waals surface area contributed by atoms with Crippen LogP contribution in [0.4, 0.5) is 0 Å². The summed E-state index contributed by atoms with van der Waals surface area (Å²) >= 11 is 5.96. The van der Waals surface area contributed by atoms with Crippen LogP contribution in [0.2, 0.25) is 5.02 Å². The van der Waals surface area contributed by atoms with Gasteiger partial charge in [-0.25, -0.2) is 0 Å². The van der Waals surface area contributed by atoms with Gasteiger partial charge in [-0.2, -0.15) is 0 Å². The number of rotatable bonds is 8. The second kappa shape index (κ2) is 9.62. The zero-order valence-electron chi connectivity index (χ0n) is 15.4. The number of benzene rings is 2. The third kappa shape index (κ3) is 5.62. The minimum Gasteiger partial charge on any atom is -0.493 e. The van der Waals surface area contributed by atoms with Crippen LogP contribution < -0.4 is 9.47 Å². The summed E-state index contributed by atoms with van der Waals surface area (Å²) in [6.45, 7) is 1.74. The number of nitrogens with zero attached hydrogens (tertiary/aromatic N) is 1. The van der Waals surface area contributed by atoms with E-state index in [9.17, 15) is 4.79 Å². The Labute approximate surface area is 164 Å². The summed E-state index contributed by atoms with van der Waals surface area (Å²) in [5.41, 5.74) is 1.02. The summed E-state index contributed by atoms with van der Waals surface area (Å²) in [6, 6.07) is 14.8. The molecule has 0 aliphatic carbocycles. The van der Waals surface area contributed by atoms with E-state index in [0.717, 1.165) is 25.0 Å². The molecule has 1 aliphatic rings. The second-order valence-electron chi connectivity index (χ2n) is 6.48. The SMILES string of the molecule is COc1ccccc1OCC(=O)N(Cc1ccc(Cl)cc1)C[C@H]1CCCO1. The quantitative estimate of drug-likeness (QED) is 0.686. The van der Waals surface area contributed by atoms with E-state index in [1.807, 2.05) is 36.4 Å². The van der Waals surface area contributed by atoms with Gasteiger partial charge < -0.3 is 19.1 Å². The number of halogens is 1. The molecular weight excluding hydrogens is 366 g/mol. The molecule has 27 heavy (non-hydrogen) atoms. The molecule has 6 heteroatoms. The number of hydrogen-bond donors (Lipinski definition) is 0. The maximum atomic E-state index is 12.9. The van der Waals surface area contributed by atoms with E-state index in [-0.39, 0.29) is 18.6 Å². The average molecular weight is 390 g/mol. The van der Waals surface area contributed by atoms with E-state index in [4.69, 9.17) is 25.8 Å². The largest absolute Gasteiger partial charge is 0.493 e. The highest BCUT2D eigenvalue weighted by molar-refractivity contribution is 6.30. The van der Waals surface area contributed by atoms with Crippen LogP contribution in [0.3, 0.4) is 0 Å². The highest BCUT2D eigenvalue weighted by Gasteiger charge is 2.23. The van der Waals surface area contributed by atoms with Gasteiger partial charge in [0.05, 0.1) is 13.2 Å². The number of para-hydroxylation sites is 2. The predicted octanol–water partition coefficient (Wildman–Crippen LogP) is 3.94. The molecule has 1 aliphatic heterocycles. The maximum Gasteiger partial charge on any atom is 0.260 e. The van der Waals surface area contributed by atoms with Crippen LogP contribution in [0, 0.1) is 0 Å².